The minimum Gasteiger partial charge on any atom is -0.467 e. The molecule has 1 aromatic heterocycles. The second kappa shape index (κ2) is 6.42. The largest absolute Gasteiger partial charge is 0.467 e. The monoisotopic (exact) mass is 304 g/mol. The highest BCUT2D eigenvalue weighted by molar-refractivity contribution is 5.86. The van der Waals surface area contributed by atoms with Crippen molar-refractivity contribution in [2.45, 2.75) is 32.2 Å². The molecule has 1 aromatic rings. The number of carbonyl (C=O) groups excluding carboxylic acids is 1. The Hall–Kier alpha value is -1.98. The Kier molecular flexibility index (Phi) is 4.36. The van der Waals surface area contributed by atoms with Crippen LogP contribution in [0, 0.1) is 5.41 Å². The number of nitrogens with zero attached hydrogens (tertiary/aromatic N) is 2. The van der Waals surface area contributed by atoms with Crippen LogP contribution in [0.4, 0.5) is 0 Å². The molecule has 1 amide bonds. The van der Waals surface area contributed by atoms with Crippen LogP contribution in [0.5, 0.6) is 0 Å². The van der Waals surface area contributed by atoms with E-state index in [0.717, 1.165) is 24.8 Å². The molecule has 0 radical (unpaired) electrons. The van der Waals surface area contributed by atoms with Crippen molar-refractivity contribution in [3.63, 3.8) is 0 Å². The van der Waals surface area contributed by atoms with Gasteiger partial charge >= 0.3 is 0 Å². The van der Waals surface area contributed by atoms with Crippen molar-refractivity contribution in [3.8, 4) is 0 Å². The molecule has 0 aromatic carbocycles. The Labute approximate surface area is 131 Å². The fourth-order valence-electron chi connectivity index (χ4n) is 3.35. The zero-order chi connectivity index (χ0) is 15.4. The SMILES string of the molecule is CN=C(NCC(=O)NCc1ccco1)N1CCC2(CCC2)C1. The van der Waals surface area contributed by atoms with Crippen molar-refractivity contribution in [2.24, 2.45) is 10.4 Å². The maximum atomic E-state index is 11.9. The van der Waals surface area contributed by atoms with E-state index in [9.17, 15) is 4.79 Å². The molecule has 3 rings (SSSR count). The summed E-state index contributed by atoms with van der Waals surface area (Å²) in [6, 6.07) is 3.65. The zero-order valence-corrected chi connectivity index (χ0v) is 13.1. The summed E-state index contributed by atoms with van der Waals surface area (Å²) >= 11 is 0. The Morgan fingerprint density at radius 1 is 1.41 bits per heavy atom. The van der Waals surface area contributed by atoms with Crippen LogP contribution in [0.1, 0.15) is 31.4 Å². The van der Waals surface area contributed by atoms with Gasteiger partial charge in [-0.25, -0.2) is 0 Å². The van der Waals surface area contributed by atoms with Gasteiger partial charge in [0.2, 0.25) is 5.91 Å². The topological polar surface area (TPSA) is 69.9 Å². The molecule has 1 aliphatic carbocycles. The van der Waals surface area contributed by atoms with E-state index in [-0.39, 0.29) is 12.5 Å². The summed E-state index contributed by atoms with van der Waals surface area (Å²) in [4.78, 5) is 18.5. The van der Waals surface area contributed by atoms with Crippen LogP contribution in [-0.4, -0.2) is 43.4 Å². The molecule has 22 heavy (non-hydrogen) atoms. The summed E-state index contributed by atoms with van der Waals surface area (Å²) in [5.41, 5.74) is 0.527. The van der Waals surface area contributed by atoms with E-state index in [1.165, 1.54) is 25.7 Å². The van der Waals surface area contributed by atoms with E-state index in [1.807, 2.05) is 12.1 Å². The normalized spacial score (nSPS) is 20.0. The summed E-state index contributed by atoms with van der Waals surface area (Å²) in [5.74, 6) is 1.52. The van der Waals surface area contributed by atoms with Crippen molar-refractivity contribution in [2.75, 3.05) is 26.7 Å². The lowest BCUT2D eigenvalue weighted by molar-refractivity contribution is -0.120. The number of nitrogens with one attached hydrogen (secondary N) is 2. The lowest BCUT2D eigenvalue weighted by Gasteiger charge is -2.38. The van der Waals surface area contributed by atoms with E-state index >= 15 is 0 Å². The lowest BCUT2D eigenvalue weighted by atomic mass is 9.68. The van der Waals surface area contributed by atoms with E-state index in [0.29, 0.717) is 12.0 Å². The highest BCUT2D eigenvalue weighted by Crippen LogP contribution is 2.47. The molecule has 6 heteroatoms. The number of likely N-dealkylation sites (tertiary alicyclic amines) is 1. The third-order valence-corrected chi connectivity index (χ3v) is 4.81. The first kappa shape index (κ1) is 14.9. The fourth-order valence-corrected chi connectivity index (χ4v) is 3.35. The minimum atomic E-state index is -0.0601. The number of amides is 1. The highest BCUT2D eigenvalue weighted by Gasteiger charge is 2.43. The maximum absolute atomic E-state index is 11.9. The van der Waals surface area contributed by atoms with Gasteiger partial charge in [-0.15, -0.1) is 0 Å². The molecule has 2 N–H and O–H groups in total. The average Bonchev–Trinajstić information content (AvgIpc) is 3.15. The molecule has 120 valence electrons. The van der Waals surface area contributed by atoms with Crippen LogP contribution in [-0.2, 0) is 11.3 Å². The summed E-state index contributed by atoms with van der Waals surface area (Å²) < 4.78 is 5.19. The number of aliphatic imine (C=N–C) groups is 1. The summed E-state index contributed by atoms with van der Waals surface area (Å²) in [5, 5.41) is 5.99. The molecule has 1 aliphatic heterocycles. The molecule has 1 saturated carbocycles. The highest BCUT2D eigenvalue weighted by atomic mass is 16.3. The molecule has 0 unspecified atom stereocenters. The van der Waals surface area contributed by atoms with Gasteiger partial charge in [-0.05, 0) is 36.8 Å². The summed E-state index contributed by atoms with van der Waals surface area (Å²) in [6.07, 6.45) is 6.88. The lowest BCUT2D eigenvalue weighted by Crippen LogP contribution is -2.45. The van der Waals surface area contributed by atoms with E-state index in [1.54, 1.807) is 13.3 Å². The van der Waals surface area contributed by atoms with Gasteiger partial charge in [0.05, 0.1) is 19.4 Å². The Morgan fingerprint density at radius 3 is 2.86 bits per heavy atom. The molecule has 1 spiro atoms. The predicted molar refractivity (Wildman–Crippen MR) is 84.4 cm³/mol. The van der Waals surface area contributed by atoms with Gasteiger partial charge < -0.3 is 20.0 Å². The van der Waals surface area contributed by atoms with Crippen LogP contribution in [0.15, 0.2) is 27.8 Å². The summed E-state index contributed by atoms with van der Waals surface area (Å²) in [7, 11) is 1.77. The molecule has 6 nitrogen and oxygen atoms in total. The quantitative estimate of drug-likeness (QED) is 0.651. The van der Waals surface area contributed by atoms with Crippen molar-refractivity contribution in [3.05, 3.63) is 24.2 Å². The second-order valence-electron chi connectivity index (χ2n) is 6.28. The Balaban J connectivity index is 1.42. The van der Waals surface area contributed by atoms with Crippen molar-refractivity contribution in [1.82, 2.24) is 15.5 Å². The third kappa shape index (κ3) is 3.26. The predicted octanol–water partition coefficient (Wildman–Crippen LogP) is 1.35. The van der Waals surface area contributed by atoms with Crippen LogP contribution < -0.4 is 10.6 Å². The van der Waals surface area contributed by atoms with Crippen molar-refractivity contribution >= 4 is 11.9 Å². The zero-order valence-electron chi connectivity index (χ0n) is 13.1. The first-order chi connectivity index (χ1) is 10.7. The number of rotatable bonds is 4. The third-order valence-electron chi connectivity index (χ3n) is 4.81. The van der Waals surface area contributed by atoms with Gasteiger partial charge in [0.15, 0.2) is 5.96 Å². The average molecular weight is 304 g/mol. The minimum absolute atomic E-state index is 0.0601. The van der Waals surface area contributed by atoms with Gasteiger partial charge in [0.25, 0.3) is 0 Å². The van der Waals surface area contributed by atoms with Gasteiger partial charge in [-0.3, -0.25) is 9.79 Å². The Bertz CT molecular complexity index is 534. The summed E-state index contributed by atoms with van der Waals surface area (Å²) in [6.45, 7) is 2.75. The number of carbonyl (C=O) groups is 1. The van der Waals surface area contributed by atoms with Gasteiger partial charge in [0.1, 0.15) is 5.76 Å². The standard InChI is InChI=1S/C16H24N4O2/c1-17-15(20-8-7-16(12-20)5-3-6-16)19-11-14(21)18-10-13-4-2-9-22-13/h2,4,9H,3,5-8,10-12H2,1H3,(H,17,19)(H,18,21). The number of guanidine groups is 1. The number of hydrogen-bond acceptors (Lipinski definition) is 3. The maximum Gasteiger partial charge on any atom is 0.239 e. The smallest absolute Gasteiger partial charge is 0.239 e. The van der Waals surface area contributed by atoms with Crippen LogP contribution in [0.25, 0.3) is 0 Å². The number of hydrogen-bond donors (Lipinski definition) is 2. The van der Waals surface area contributed by atoms with Gasteiger partial charge in [0, 0.05) is 20.1 Å². The second-order valence-corrected chi connectivity index (χ2v) is 6.28. The molecule has 0 bridgehead atoms. The van der Waals surface area contributed by atoms with Crippen LogP contribution in [0.3, 0.4) is 0 Å². The van der Waals surface area contributed by atoms with Crippen LogP contribution >= 0.6 is 0 Å². The van der Waals surface area contributed by atoms with E-state index in [4.69, 9.17) is 4.42 Å². The van der Waals surface area contributed by atoms with Crippen LogP contribution in [0.2, 0.25) is 0 Å². The molecule has 2 aliphatic rings. The molecular formula is C16H24N4O2. The molecule has 2 heterocycles. The molecule has 2 fully saturated rings. The van der Waals surface area contributed by atoms with Crippen molar-refractivity contribution in [1.29, 1.82) is 0 Å². The fraction of sp³-hybridized carbons (Fsp3) is 0.625. The Morgan fingerprint density at radius 2 is 2.27 bits per heavy atom. The first-order valence-electron chi connectivity index (χ1n) is 7.95. The van der Waals surface area contributed by atoms with E-state index < -0.39 is 0 Å². The molecular weight excluding hydrogens is 280 g/mol. The van der Waals surface area contributed by atoms with Gasteiger partial charge in [-0.2, -0.15) is 0 Å². The number of furan rings is 1. The first-order valence-corrected chi connectivity index (χ1v) is 7.95. The van der Waals surface area contributed by atoms with E-state index in [2.05, 4.69) is 20.5 Å². The molecule has 1 saturated heterocycles. The molecule has 0 atom stereocenters. The van der Waals surface area contributed by atoms with Crippen molar-refractivity contribution < 1.29 is 9.21 Å². The van der Waals surface area contributed by atoms with Gasteiger partial charge in [-0.1, -0.05) is 6.42 Å².